The third-order valence-electron chi connectivity index (χ3n) is 5.90. The maximum absolute atomic E-state index is 13.4. The Morgan fingerprint density at radius 2 is 1.43 bits per heavy atom. The van der Waals surface area contributed by atoms with Gasteiger partial charge in [-0.2, -0.15) is 0 Å². The van der Waals surface area contributed by atoms with E-state index in [0.29, 0.717) is 0 Å². The summed E-state index contributed by atoms with van der Waals surface area (Å²) in [6.07, 6.45) is 2.82. The van der Waals surface area contributed by atoms with Gasteiger partial charge in [-0.15, -0.1) is 0 Å². The zero-order valence-electron chi connectivity index (χ0n) is 20.6. The zero-order chi connectivity index (χ0) is 25.1. The molecule has 5 nitrogen and oxygen atoms in total. The Kier molecular flexibility index (Phi) is 6.90. The molecule has 1 aliphatic carbocycles. The molecule has 0 aromatic heterocycles. The van der Waals surface area contributed by atoms with Crippen LogP contribution in [0.2, 0.25) is 0 Å². The Labute approximate surface area is 206 Å². The van der Waals surface area contributed by atoms with E-state index in [1.807, 2.05) is 75.4 Å². The number of fused-ring (bicyclic) bond motifs is 3. The third-order valence-corrected chi connectivity index (χ3v) is 5.90. The number of esters is 2. The average Bonchev–Trinajstić information content (AvgIpc) is 3.12. The summed E-state index contributed by atoms with van der Waals surface area (Å²) in [6, 6.07) is 25.5. The van der Waals surface area contributed by atoms with E-state index < -0.39 is 29.1 Å². The van der Waals surface area contributed by atoms with Crippen LogP contribution in [0.4, 0.5) is 0 Å². The van der Waals surface area contributed by atoms with E-state index in [-0.39, 0.29) is 6.61 Å². The van der Waals surface area contributed by atoms with Crippen molar-refractivity contribution in [1.29, 1.82) is 0 Å². The summed E-state index contributed by atoms with van der Waals surface area (Å²) < 4.78 is 10.8. The largest absolute Gasteiger partial charge is 0.463 e. The van der Waals surface area contributed by atoms with Crippen molar-refractivity contribution in [3.05, 3.63) is 108 Å². The maximum atomic E-state index is 13.4. The van der Waals surface area contributed by atoms with Gasteiger partial charge in [-0.3, -0.25) is 5.32 Å². The molecule has 0 spiro atoms. The Hall–Kier alpha value is -3.70. The topological polar surface area (TPSA) is 64.6 Å². The van der Waals surface area contributed by atoms with Crippen molar-refractivity contribution in [3.8, 4) is 11.1 Å². The van der Waals surface area contributed by atoms with Crippen LogP contribution in [-0.2, 0) is 24.6 Å². The maximum Gasteiger partial charge on any atom is 0.330 e. The molecule has 0 unspecified atom stereocenters. The van der Waals surface area contributed by atoms with Crippen molar-refractivity contribution in [1.82, 2.24) is 5.32 Å². The predicted octanol–water partition coefficient (Wildman–Crippen LogP) is 5.38. The SMILES string of the molecule is CCOC(=O)/C=C/[C@H](NC1(c2ccccc2)c2ccccc2-c2ccccc21)C(=O)OC(C)(C)C. The van der Waals surface area contributed by atoms with Crippen molar-refractivity contribution >= 4 is 11.9 Å². The molecule has 0 fully saturated rings. The minimum Gasteiger partial charge on any atom is -0.463 e. The lowest BCUT2D eigenvalue weighted by atomic mass is 9.80. The molecule has 0 saturated heterocycles. The summed E-state index contributed by atoms with van der Waals surface area (Å²) in [4.78, 5) is 25.6. The van der Waals surface area contributed by atoms with Crippen LogP contribution < -0.4 is 5.32 Å². The molecular weight excluding hydrogens is 438 g/mol. The van der Waals surface area contributed by atoms with E-state index in [0.717, 1.165) is 27.8 Å². The van der Waals surface area contributed by atoms with Gasteiger partial charge in [0.2, 0.25) is 0 Å². The standard InChI is InChI=1S/C30H31NO4/c1-5-34-27(32)20-19-26(28(33)35-29(2,3)4)31-30(21-13-7-6-8-14-21)24-17-11-9-15-22(24)23-16-10-12-18-25(23)30/h6-20,26,31H,5H2,1-4H3/b20-19+/t26-/m0/s1. The fraction of sp³-hybridized carbons (Fsp3) is 0.267. The Bertz CT molecular complexity index is 1190. The van der Waals surface area contributed by atoms with Gasteiger partial charge in [0.15, 0.2) is 0 Å². The van der Waals surface area contributed by atoms with E-state index in [1.165, 1.54) is 12.2 Å². The minimum absolute atomic E-state index is 0.252. The van der Waals surface area contributed by atoms with E-state index in [9.17, 15) is 9.59 Å². The average molecular weight is 470 g/mol. The van der Waals surface area contributed by atoms with Gasteiger partial charge in [-0.1, -0.05) is 78.9 Å². The van der Waals surface area contributed by atoms with Crippen LogP contribution in [0.25, 0.3) is 11.1 Å². The number of ether oxygens (including phenoxy) is 2. The molecule has 4 rings (SSSR count). The molecule has 1 atom stereocenters. The van der Waals surface area contributed by atoms with Crippen LogP contribution in [-0.4, -0.2) is 30.2 Å². The quantitative estimate of drug-likeness (QED) is 0.372. The van der Waals surface area contributed by atoms with E-state index in [4.69, 9.17) is 9.47 Å². The minimum atomic E-state index is -0.918. The Balaban J connectivity index is 1.90. The van der Waals surface area contributed by atoms with Crippen LogP contribution in [0.15, 0.2) is 91.0 Å². The van der Waals surface area contributed by atoms with Gasteiger partial charge < -0.3 is 9.47 Å². The molecule has 3 aromatic rings. The van der Waals surface area contributed by atoms with Crippen LogP contribution >= 0.6 is 0 Å². The molecule has 180 valence electrons. The molecule has 0 bridgehead atoms. The molecule has 3 aromatic carbocycles. The fourth-order valence-electron chi connectivity index (χ4n) is 4.62. The van der Waals surface area contributed by atoms with Gasteiger partial charge in [-0.05, 0) is 61.6 Å². The molecule has 0 amide bonds. The van der Waals surface area contributed by atoms with Gasteiger partial charge in [0.1, 0.15) is 11.6 Å². The smallest absolute Gasteiger partial charge is 0.330 e. The Morgan fingerprint density at radius 1 is 0.886 bits per heavy atom. The summed E-state index contributed by atoms with van der Waals surface area (Å²) in [6.45, 7) is 7.47. The number of nitrogens with one attached hydrogen (secondary N) is 1. The van der Waals surface area contributed by atoms with Crippen LogP contribution in [0.3, 0.4) is 0 Å². The molecule has 35 heavy (non-hydrogen) atoms. The normalized spacial score (nSPS) is 14.7. The first kappa shape index (κ1) is 24.4. The number of carbonyl (C=O) groups is 2. The summed E-state index contributed by atoms with van der Waals surface area (Å²) >= 11 is 0. The fourth-order valence-corrected chi connectivity index (χ4v) is 4.62. The van der Waals surface area contributed by atoms with Crippen molar-refractivity contribution in [2.45, 2.75) is 44.9 Å². The second-order valence-electron chi connectivity index (χ2n) is 9.47. The van der Waals surface area contributed by atoms with Crippen LogP contribution in [0, 0.1) is 0 Å². The highest BCUT2D eigenvalue weighted by molar-refractivity contribution is 5.87. The first-order chi connectivity index (χ1) is 16.8. The lowest BCUT2D eigenvalue weighted by Crippen LogP contribution is -2.52. The van der Waals surface area contributed by atoms with Crippen molar-refractivity contribution in [2.75, 3.05) is 6.61 Å². The molecule has 0 radical (unpaired) electrons. The Morgan fingerprint density at radius 3 is 1.97 bits per heavy atom. The van der Waals surface area contributed by atoms with Crippen molar-refractivity contribution in [3.63, 3.8) is 0 Å². The van der Waals surface area contributed by atoms with E-state index >= 15 is 0 Å². The number of carbonyl (C=O) groups excluding carboxylic acids is 2. The highest BCUT2D eigenvalue weighted by atomic mass is 16.6. The molecular formula is C30H31NO4. The molecule has 0 aliphatic heterocycles. The molecule has 0 saturated carbocycles. The monoisotopic (exact) mass is 469 g/mol. The number of rotatable bonds is 7. The second-order valence-corrected chi connectivity index (χ2v) is 9.47. The van der Waals surface area contributed by atoms with Gasteiger partial charge >= 0.3 is 11.9 Å². The van der Waals surface area contributed by atoms with Gasteiger partial charge in [0.05, 0.1) is 12.1 Å². The van der Waals surface area contributed by atoms with Gasteiger partial charge in [-0.25, -0.2) is 9.59 Å². The summed E-state index contributed by atoms with van der Waals surface area (Å²) in [5.41, 5.74) is 3.70. The number of hydrogen-bond donors (Lipinski definition) is 1. The van der Waals surface area contributed by atoms with Crippen LogP contribution in [0.5, 0.6) is 0 Å². The molecule has 0 heterocycles. The third kappa shape index (κ3) is 4.91. The number of hydrogen-bond acceptors (Lipinski definition) is 5. The van der Waals surface area contributed by atoms with Crippen LogP contribution in [0.1, 0.15) is 44.4 Å². The van der Waals surface area contributed by atoms with E-state index in [1.54, 1.807) is 6.92 Å². The van der Waals surface area contributed by atoms with Gasteiger partial charge in [0.25, 0.3) is 0 Å². The summed E-state index contributed by atoms with van der Waals surface area (Å²) in [7, 11) is 0. The highest BCUT2D eigenvalue weighted by Gasteiger charge is 2.46. The molecule has 1 aliphatic rings. The van der Waals surface area contributed by atoms with Gasteiger partial charge in [0, 0.05) is 6.08 Å². The zero-order valence-corrected chi connectivity index (χ0v) is 20.6. The predicted molar refractivity (Wildman–Crippen MR) is 137 cm³/mol. The molecule has 5 heteroatoms. The highest BCUT2D eigenvalue weighted by Crippen LogP contribution is 2.51. The van der Waals surface area contributed by atoms with Crippen molar-refractivity contribution < 1.29 is 19.1 Å². The summed E-state index contributed by atoms with van der Waals surface area (Å²) in [5.74, 6) is -0.987. The summed E-state index contributed by atoms with van der Waals surface area (Å²) in [5, 5.41) is 3.61. The first-order valence-corrected chi connectivity index (χ1v) is 11.9. The van der Waals surface area contributed by atoms with E-state index in [2.05, 4.69) is 29.6 Å². The van der Waals surface area contributed by atoms with Crippen molar-refractivity contribution in [2.24, 2.45) is 0 Å². The lowest BCUT2D eigenvalue weighted by Gasteiger charge is -2.37. The number of benzene rings is 3. The molecule has 1 N–H and O–H groups in total. The second kappa shape index (κ2) is 9.88. The first-order valence-electron chi connectivity index (χ1n) is 11.9. The lowest BCUT2D eigenvalue weighted by molar-refractivity contribution is -0.156.